The van der Waals surface area contributed by atoms with Crippen molar-refractivity contribution in [3.05, 3.63) is 108 Å². The van der Waals surface area contributed by atoms with E-state index in [-0.39, 0.29) is 36.7 Å². The molecule has 2 saturated carbocycles. The summed E-state index contributed by atoms with van der Waals surface area (Å²) in [7, 11) is 0. The Morgan fingerprint density at radius 2 is 1.84 bits per heavy atom. The molecule has 2 aromatic carbocycles. The number of piperazine rings is 1. The van der Waals surface area contributed by atoms with Gasteiger partial charge in [-0.25, -0.2) is 0 Å². The molecule has 2 atom stereocenters. The van der Waals surface area contributed by atoms with Gasteiger partial charge in [-0.2, -0.15) is 5.26 Å². The molecule has 8 nitrogen and oxygen atoms in total. The minimum absolute atomic E-state index is 0.0658. The topological polar surface area (TPSA) is 110 Å². The van der Waals surface area contributed by atoms with E-state index in [0.29, 0.717) is 17.4 Å². The van der Waals surface area contributed by atoms with Crippen LogP contribution in [0.25, 0.3) is 27.1 Å². The first-order valence-corrected chi connectivity index (χ1v) is 18.4. The molecular weight excluding hydrogens is 635 g/mol. The van der Waals surface area contributed by atoms with Crippen molar-refractivity contribution in [1.29, 1.82) is 5.26 Å². The van der Waals surface area contributed by atoms with Gasteiger partial charge in [0.2, 0.25) is 5.91 Å². The highest BCUT2D eigenvalue weighted by Gasteiger charge is 2.41. The summed E-state index contributed by atoms with van der Waals surface area (Å²) in [4.78, 5) is 37.9. The number of carbonyl (C=O) groups is 2. The molecule has 3 fully saturated rings. The molecule has 1 N–H and O–H groups in total. The van der Waals surface area contributed by atoms with Crippen molar-refractivity contribution in [2.75, 3.05) is 31.1 Å². The molecule has 5 aliphatic rings. The second kappa shape index (κ2) is 13.9. The van der Waals surface area contributed by atoms with E-state index >= 15 is 0 Å². The summed E-state index contributed by atoms with van der Waals surface area (Å²) < 4.78 is 0. The highest BCUT2D eigenvalue weighted by molar-refractivity contribution is 6.01. The van der Waals surface area contributed by atoms with E-state index in [1.54, 1.807) is 24.8 Å². The largest absolute Gasteiger partial charge is 0.396 e. The second-order valence-electron chi connectivity index (χ2n) is 14.5. The third-order valence-electron chi connectivity index (χ3n) is 11.5. The van der Waals surface area contributed by atoms with Gasteiger partial charge < -0.3 is 14.9 Å². The molecular formula is C43H43N5O3. The number of aliphatic hydroxyl groups is 1. The number of aromatic nitrogens is 2. The third kappa shape index (κ3) is 6.36. The van der Waals surface area contributed by atoms with Gasteiger partial charge in [0.15, 0.2) is 5.78 Å². The van der Waals surface area contributed by atoms with Crippen LogP contribution in [0.5, 0.6) is 0 Å². The van der Waals surface area contributed by atoms with Crippen molar-refractivity contribution in [2.45, 2.75) is 63.3 Å². The number of nitrogens with zero attached hydrogens (tertiary/aromatic N) is 5. The normalized spacial score (nSPS) is 21.0. The van der Waals surface area contributed by atoms with Gasteiger partial charge in [-0.05, 0) is 114 Å². The smallest absolute Gasteiger partial charge is 0.225 e. The summed E-state index contributed by atoms with van der Waals surface area (Å²) in [6.45, 7) is 6.10. The molecule has 1 aliphatic heterocycles. The van der Waals surface area contributed by atoms with Gasteiger partial charge in [0, 0.05) is 73.2 Å². The molecule has 258 valence electrons. The molecule has 8 heteroatoms. The number of anilines is 1. The summed E-state index contributed by atoms with van der Waals surface area (Å²) in [6, 6.07) is 13.6. The molecule has 4 aromatic rings. The van der Waals surface area contributed by atoms with Crippen LogP contribution in [0.15, 0.2) is 85.5 Å². The fourth-order valence-corrected chi connectivity index (χ4v) is 8.55. The number of allylic oxidation sites excluding steroid dienone is 5. The van der Waals surface area contributed by atoms with E-state index in [9.17, 15) is 14.7 Å². The van der Waals surface area contributed by atoms with Gasteiger partial charge >= 0.3 is 0 Å². The fourth-order valence-electron chi connectivity index (χ4n) is 8.55. The monoisotopic (exact) mass is 677 g/mol. The number of hydrogen-bond donors (Lipinski definition) is 1. The van der Waals surface area contributed by atoms with Gasteiger partial charge in [0.05, 0.1) is 18.2 Å². The minimum atomic E-state index is -0.0766. The molecule has 1 saturated heterocycles. The minimum Gasteiger partial charge on any atom is -0.396 e. The Balaban J connectivity index is 0.000000263. The number of nitriles is 1. The molecule has 0 spiro atoms. The Morgan fingerprint density at radius 1 is 1.00 bits per heavy atom. The highest BCUT2D eigenvalue weighted by Crippen LogP contribution is 2.49. The molecule has 0 radical (unpaired) electrons. The SMILES string of the molecule is C=CC(=O)[C@@H]1CC=CC2=C1CCc1c2ccc2c(C3CC3)cc(N3CCN(C(=O)CCO)C(C4CC4)C3)cc12.N#Cc1cncc2cnccc12. The van der Waals surface area contributed by atoms with Crippen molar-refractivity contribution in [3.8, 4) is 6.07 Å². The van der Waals surface area contributed by atoms with Crippen LogP contribution < -0.4 is 4.90 Å². The van der Waals surface area contributed by atoms with Gasteiger partial charge in [-0.15, -0.1) is 0 Å². The number of ketones is 1. The fraction of sp³-hybridized carbons (Fsp3) is 0.372. The molecule has 3 heterocycles. The summed E-state index contributed by atoms with van der Waals surface area (Å²) in [5.41, 5.74) is 8.59. The van der Waals surface area contributed by atoms with E-state index in [0.717, 1.165) is 49.7 Å². The maximum atomic E-state index is 12.8. The van der Waals surface area contributed by atoms with E-state index < -0.39 is 0 Å². The summed E-state index contributed by atoms with van der Waals surface area (Å²) in [5, 5.41) is 22.6. The van der Waals surface area contributed by atoms with Crippen molar-refractivity contribution in [2.24, 2.45) is 11.8 Å². The molecule has 0 bridgehead atoms. The van der Waals surface area contributed by atoms with Crippen molar-refractivity contribution >= 4 is 44.5 Å². The Morgan fingerprint density at radius 3 is 2.61 bits per heavy atom. The number of carbonyl (C=O) groups excluding carboxylic acids is 2. The lowest BCUT2D eigenvalue weighted by Gasteiger charge is -2.43. The lowest BCUT2D eigenvalue weighted by Crippen LogP contribution is -2.56. The van der Waals surface area contributed by atoms with E-state index in [1.807, 2.05) is 6.07 Å². The molecule has 9 rings (SSSR count). The molecule has 51 heavy (non-hydrogen) atoms. The van der Waals surface area contributed by atoms with Crippen molar-refractivity contribution < 1.29 is 14.7 Å². The standard InChI is InChI=1S/C34H38N2O3.C9H5N3/c1-2-33(38)29-5-3-4-24-25-10-13-28-30(21-6-7-21)18-23(19-31(28)27(25)12-11-26(24)29)35-15-16-36(34(39)14-17-37)32(20-35)22-8-9-22;10-3-7-4-12-6-8-5-11-2-1-9(7)8/h2-4,10,13,18-19,21-22,29,32,37H,1,5-9,11-12,14-17,20H2;1-2,4-6H/t29-,32?;/m1./s1. The van der Waals surface area contributed by atoms with Crippen LogP contribution in [0.2, 0.25) is 0 Å². The molecule has 1 amide bonds. The highest BCUT2D eigenvalue weighted by atomic mass is 16.3. The first-order chi connectivity index (χ1) is 25.0. The summed E-state index contributed by atoms with van der Waals surface area (Å²) >= 11 is 0. The van der Waals surface area contributed by atoms with Crippen LogP contribution in [0.1, 0.15) is 73.1 Å². The number of rotatable bonds is 7. The predicted molar refractivity (Wildman–Crippen MR) is 200 cm³/mol. The van der Waals surface area contributed by atoms with Gasteiger partial charge in [0.1, 0.15) is 6.07 Å². The van der Waals surface area contributed by atoms with Gasteiger partial charge in [-0.1, -0.05) is 36.4 Å². The van der Waals surface area contributed by atoms with Crippen LogP contribution in [0, 0.1) is 23.2 Å². The lowest BCUT2D eigenvalue weighted by atomic mass is 9.73. The Bertz CT molecular complexity index is 2150. The number of aryl methyl sites for hydroxylation is 1. The number of benzene rings is 2. The average Bonchev–Trinajstić information content (AvgIpc) is 4.11. The van der Waals surface area contributed by atoms with E-state index in [2.05, 4.69) is 68.8 Å². The molecule has 1 unspecified atom stereocenters. The molecule has 2 aromatic heterocycles. The van der Waals surface area contributed by atoms with Crippen LogP contribution in [-0.4, -0.2) is 63.9 Å². The van der Waals surface area contributed by atoms with Crippen LogP contribution in [0.3, 0.4) is 0 Å². The number of hydrogen-bond acceptors (Lipinski definition) is 7. The van der Waals surface area contributed by atoms with Crippen LogP contribution in [0.4, 0.5) is 5.69 Å². The zero-order chi connectivity index (χ0) is 35.1. The summed E-state index contributed by atoms with van der Waals surface area (Å²) in [5.74, 6) is 1.39. The van der Waals surface area contributed by atoms with Gasteiger partial charge in [-0.3, -0.25) is 19.6 Å². The summed E-state index contributed by atoms with van der Waals surface area (Å²) in [6.07, 6.45) is 20.3. The second-order valence-corrected chi connectivity index (χ2v) is 14.5. The number of aliphatic hydroxyl groups excluding tert-OH is 1. The average molecular weight is 678 g/mol. The number of pyridine rings is 2. The Labute approximate surface area is 298 Å². The van der Waals surface area contributed by atoms with Crippen molar-refractivity contribution in [3.63, 3.8) is 0 Å². The zero-order valence-corrected chi connectivity index (χ0v) is 28.9. The predicted octanol–water partition coefficient (Wildman–Crippen LogP) is 7.06. The first-order valence-electron chi connectivity index (χ1n) is 18.4. The Kier molecular flexibility index (Phi) is 8.99. The molecule has 4 aliphatic carbocycles. The van der Waals surface area contributed by atoms with E-state index in [4.69, 9.17) is 5.26 Å². The number of amides is 1. The van der Waals surface area contributed by atoms with Crippen molar-refractivity contribution in [1.82, 2.24) is 14.9 Å². The van der Waals surface area contributed by atoms with Crippen LogP contribution in [-0.2, 0) is 16.0 Å². The number of fused-ring (bicyclic) bond motifs is 5. The maximum Gasteiger partial charge on any atom is 0.225 e. The van der Waals surface area contributed by atoms with E-state index in [1.165, 1.54) is 76.1 Å². The first kappa shape index (κ1) is 33.0. The zero-order valence-electron chi connectivity index (χ0n) is 28.9. The lowest BCUT2D eigenvalue weighted by molar-refractivity contribution is -0.135. The van der Waals surface area contributed by atoms with Crippen LogP contribution >= 0.6 is 0 Å². The van der Waals surface area contributed by atoms with Gasteiger partial charge in [0.25, 0.3) is 0 Å². The Hall–Kier alpha value is -5.13. The quantitative estimate of drug-likeness (QED) is 0.209. The third-order valence-corrected chi connectivity index (χ3v) is 11.5. The maximum absolute atomic E-state index is 12.8.